The summed E-state index contributed by atoms with van der Waals surface area (Å²) in [7, 11) is -3.92. The number of rotatable bonds is 3. The summed E-state index contributed by atoms with van der Waals surface area (Å²) in [4.78, 5) is 17.0. The Morgan fingerprint density at radius 1 is 1.03 bits per heavy atom. The maximum Gasteiger partial charge on any atom is 0.419 e. The molecule has 0 fully saturated rings. The number of oxazole rings is 1. The number of fused-ring (bicyclic) bond motifs is 1. The molecule has 0 saturated carbocycles. The van der Waals surface area contributed by atoms with E-state index in [0.717, 1.165) is 5.39 Å². The van der Waals surface area contributed by atoms with E-state index >= 15 is 0 Å². The lowest BCUT2D eigenvalue weighted by atomic mass is 10.2. The van der Waals surface area contributed by atoms with E-state index in [9.17, 15) is 13.2 Å². The minimum atomic E-state index is -3.92. The summed E-state index contributed by atoms with van der Waals surface area (Å²) in [6.45, 7) is 5.32. The van der Waals surface area contributed by atoms with Crippen molar-refractivity contribution in [1.82, 2.24) is 9.55 Å². The number of carbonyl (C=O) groups excluding carboxylic acids is 1. The fraction of sp³-hybridized carbons (Fsp3) is 0.182. The number of nitrogens with zero attached hydrogens (tertiary/aromatic N) is 2. The maximum atomic E-state index is 12.9. The molecule has 2 aromatic carbocycles. The van der Waals surface area contributed by atoms with Crippen LogP contribution in [0.4, 0.5) is 4.79 Å². The molecule has 2 aromatic heterocycles. The molecule has 4 aromatic rings. The van der Waals surface area contributed by atoms with E-state index < -0.39 is 26.8 Å². The number of benzene rings is 2. The highest BCUT2D eigenvalue weighted by Crippen LogP contribution is 2.31. The SMILES string of the molecule is CC(C)(C)OC(=O)n1c(-c2cnc(S(=O)(=O)c3ccccc3)o2)cc2ccccc21. The van der Waals surface area contributed by atoms with Gasteiger partial charge in [-0.05, 0) is 45.0 Å². The molecule has 0 N–H and O–H groups in total. The van der Waals surface area contributed by atoms with Crippen LogP contribution in [0.2, 0.25) is 0 Å². The predicted molar refractivity (Wildman–Crippen MR) is 111 cm³/mol. The highest BCUT2D eigenvalue weighted by molar-refractivity contribution is 7.91. The van der Waals surface area contributed by atoms with Gasteiger partial charge in [0.25, 0.3) is 9.84 Å². The van der Waals surface area contributed by atoms with E-state index in [1.165, 1.54) is 22.9 Å². The van der Waals surface area contributed by atoms with Crippen molar-refractivity contribution in [2.75, 3.05) is 0 Å². The molecular formula is C22H20N2O5S. The van der Waals surface area contributed by atoms with Gasteiger partial charge in [0.2, 0.25) is 0 Å². The van der Waals surface area contributed by atoms with Crippen LogP contribution < -0.4 is 0 Å². The van der Waals surface area contributed by atoms with Gasteiger partial charge in [-0.15, -0.1) is 0 Å². The van der Waals surface area contributed by atoms with E-state index in [4.69, 9.17) is 9.15 Å². The molecule has 0 aliphatic rings. The lowest BCUT2D eigenvalue weighted by Gasteiger charge is -2.20. The number of hydrogen-bond donors (Lipinski definition) is 0. The second-order valence-electron chi connectivity index (χ2n) is 7.71. The van der Waals surface area contributed by atoms with Crippen molar-refractivity contribution in [3.8, 4) is 11.5 Å². The summed E-state index contributed by atoms with van der Waals surface area (Å²) in [5, 5.41) is 0.340. The van der Waals surface area contributed by atoms with Crippen molar-refractivity contribution in [1.29, 1.82) is 0 Å². The lowest BCUT2D eigenvalue weighted by molar-refractivity contribution is 0.0546. The van der Waals surface area contributed by atoms with Crippen LogP contribution >= 0.6 is 0 Å². The Bertz CT molecular complexity index is 1330. The van der Waals surface area contributed by atoms with Gasteiger partial charge in [-0.1, -0.05) is 36.4 Å². The van der Waals surface area contributed by atoms with Crippen molar-refractivity contribution in [2.45, 2.75) is 36.5 Å². The van der Waals surface area contributed by atoms with Gasteiger partial charge in [0, 0.05) is 5.39 Å². The first-order valence-corrected chi connectivity index (χ1v) is 10.8. The van der Waals surface area contributed by atoms with Crippen molar-refractivity contribution in [2.24, 2.45) is 0 Å². The Hall–Kier alpha value is -3.39. The molecule has 8 heteroatoms. The van der Waals surface area contributed by atoms with Crippen molar-refractivity contribution < 1.29 is 22.4 Å². The lowest BCUT2D eigenvalue weighted by Crippen LogP contribution is -2.27. The fourth-order valence-corrected chi connectivity index (χ4v) is 4.15. The topological polar surface area (TPSA) is 91.4 Å². The first-order chi connectivity index (χ1) is 14.2. The molecule has 30 heavy (non-hydrogen) atoms. The van der Waals surface area contributed by atoms with Crippen LogP contribution in [0, 0.1) is 0 Å². The predicted octanol–water partition coefficient (Wildman–Crippen LogP) is 4.91. The number of para-hydroxylation sites is 1. The number of ether oxygens (including phenoxy) is 1. The second kappa shape index (κ2) is 7.14. The number of aromatic nitrogens is 2. The van der Waals surface area contributed by atoms with Crippen molar-refractivity contribution in [3.63, 3.8) is 0 Å². The van der Waals surface area contributed by atoms with Gasteiger partial charge in [-0.25, -0.2) is 22.8 Å². The maximum absolute atomic E-state index is 12.9. The van der Waals surface area contributed by atoms with Gasteiger partial charge in [0.15, 0.2) is 5.76 Å². The molecule has 0 spiro atoms. The molecule has 0 aliphatic carbocycles. The van der Waals surface area contributed by atoms with Crippen molar-refractivity contribution >= 4 is 26.8 Å². The molecule has 7 nitrogen and oxygen atoms in total. The van der Waals surface area contributed by atoms with Crippen LogP contribution in [0.15, 0.2) is 81.4 Å². The standard InChI is InChI=1S/C22H20N2O5S/c1-22(2,3)29-21(25)24-17-12-8-7-9-15(17)13-18(24)19-14-23-20(28-19)30(26,27)16-10-5-4-6-11-16/h4-14H,1-3H3. The minimum Gasteiger partial charge on any atom is -0.443 e. The summed E-state index contributed by atoms with van der Waals surface area (Å²) in [5.41, 5.74) is 0.265. The first-order valence-electron chi connectivity index (χ1n) is 9.27. The molecule has 0 amide bonds. The minimum absolute atomic E-state index is 0.0751. The Balaban J connectivity index is 1.83. The third kappa shape index (κ3) is 3.61. The van der Waals surface area contributed by atoms with Gasteiger partial charge >= 0.3 is 11.3 Å². The average Bonchev–Trinajstić information content (AvgIpc) is 3.32. The molecule has 0 atom stereocenters. The van der Waals surface area contributed by atoms with Crippen molar-refractivity contribution in [3.05, 3.63) is 66.9 Å². The summed E-state index contributed by atoms with van der Waals surface area (Å²) in [5.74, 6) is 0.145. The molecule has 0 saturated heterocycles. The molecule has 0 aliphatic heterocycles. The molecular weight excluding hydrogens is 404 g/mol. The Morgan fingerprint density at radius 3 is 2.40 bits per heavy atom. The van der Waals surface area contributed by atoms with Gasteiger partial charge in [-0.2, -0.15) is 0 Å². The molecule has 154 valence electrons. The average molecular weight is 424 g/mol. The molecule has 0 unspecified atom stereocenters. The number of sulfone groups is 1. The summed E-state index contributed by atoms with van der Waals surface area (Å²) in [6, 6.07) is 16.9. The van der Waals surface area contributed by atoms with Gasteiger partial charge in [-0.3, -0.25) is 0 Å². The summed E-state index contributed by atoms with van der Waals surface area (Å²) >= 11 is 0. The van der Waals surface area contributed by atoms with Crippen LogP contribution in [-0.2, 0) is 14.6 Å². The van der Waals surface area contributed by atoms with Gasteiger partial charge in [0.1, 0.15) is 5.60 Å². The van der Waals surface area contributed by atoms with E-state index in [1.54, 1.807) is 57.2 Å². The molecule has 2 heterocycles. The monoisotopic (exact) mass is 424 g/mol. The second-order valence-corrected chi connectivity index (χ2v) is 9.54. The van der Waals surface area contributed by atoms with Crippen LogP contribution in [0.1, 0.15) is 20.8 Å². The summed E-state index contributed by atoms with van der Waals surface area (Å²) < 4.78 is 38.1. The van der Waals surface area contributed by atoms with E-state index in [2.05, 4.69) is 4.98 Å². The van der Waals surface area contributed by atoms with Crippen LogP contribution in [-0.4, -0.2) is 29.7 Å². The van der Waals surface area contributed by atoms with Crippen LogP contribution in [0.5, 0.6) is 0 Å². The van der Waals surface area contributed by atoms with Crippen LogP contribution in [0.25, 0.3) is 22.4 Å². The zero-order chi connectivity index (χ0) is 21.5. The normalized spacial score (nSPS) is 12.2. The van der Waals surface area contributed by atoms with Gasteiger partial charge < -0.3 is 9.15 Å². The van der Waals surface area contributed by atoms with E-state index in [-0.39, 0.29) is 10.7 Å². The number of hydrogen-bond acceptors (Lipinski definition) is 6. The van der Waals surface area contributed by atoms with E-state index in [0.29, 0.717) is 11.2 Å². The Labute approximate surface area is 173 Å². The zero-order valence-electron chi connectivity index (χ0n) is 16.7. The third-order valence-electron chi connectivity index (χ3n) is 4.31. The highest BCUT2D eigenvalue weighted by atomic mass is 32.2. The zero-order valence-corrected chi connectivity index (χ0v) is 17.5. The fourth-order valence-electron chi connectivity index (χ4n) is 3.04. The quantitative estimate of drug-likeness (QED) is 0.464. The van der Waals surface area contributed by atoms with E-state index in [1.807, 2.05) is 12.1 Å². The first kappa shape index (κ1) is 19.9. The number of carbonyl (C=O) groups is 1. The smallest absolute Gasteiger partial charge is 0.419 e. The van der Waals surface area contributed by atoms with Gasteiger partial charge in [0.05, 0.1) is 22.3 Å². The Morgan fingerprint density at radius 2 is 1.70 bits per heavy atom. The summed E-state index contributed by atoms with van der Waals surface area (Å²) in [6.07, 6.45) is 0.702. The molecule has 0 bridgehead atoms. The van der Waals surface area contributed by atoms with Crippen LogP contribution in [0.3, 0.4) is 0 Å². The largest absolute Gasteiger partial charge is 0.443 e. The third-order valence-corrected chi connectivity index (χ3v) is 5.85. The Kier molecular flexibility index (Phi) is 4.74. The highest BCUT2D eigenvalue weighted by Gasteiger charge is 2.27. The molecule has 0 radical (unpaired) electrons. The molecule has 4 rings (SSSR count).